The highest BCUT2D eigenvalue weighted by Gasteiger charge is 2.21. The molecule has 1 heterocycles. The lowest BCUT2D eigenvalue weighted by atomic mass is 10.1. The standard InChI is InChI=1S/C21H26N4O2S/c26-19(20-22-12-13-28-20)24-14-17-6-8-18(9-7-17)15-25-21(27)23-11-10-16-4-2-1-3-5-16/h1-9,20,22H,10-15H2,(H,24,26)(H2,23,25,27). The van der Waals surface area contributed by atoms with E-state index in [1.54, 1.807) is 11.8 Å². The molecular weight excluding hydrogens is 372 g/mol. The summed E-state index contributed by atoms with van der Waals surface area (Å²) in [7, 11) is 0. The maximum Gasteiger partial charge on any atom is 0.315 e. The second kappa shape index (κ2) is 10.7. The van der Waals surface area contributed by atoms with Crippen LogP contribution in [0.2, 0.25) is 0 Å². The first-order chi connectivity index (χ1) is 13.7. The van der Waals surface area contributed by atoms with Crippen LogP contribution in [0.1, 0.15) is 16.7 Å². The van der Waals surface area contributed by atoms with Crippen molar-refractivity contribution in [3.8, 4) is 0 Å². The predicted octanol–water partition coefficient (Wildman–Crippen LogP) is 2.01. The number of nitrogens with one attached hydrogen (secondary N) is 4. The van der Waals surface area contributed by atoms with E-state index in [0.717, 1.165) is 29.8 Å². The molecule has 6 nitrogen and oxygen atoms in total. The molecule has 0 saturated carbocycles. The summed E-state index contributed by atoms with van der Waals surface area (Å²) in [5.41, 5.74) is 3.25. The van der Waals surface area contributed by atoms with Crippen LogP contribution in [-0.2, 0) is 24.3 Å². The van der Waals surface area contributed by atoms with Crippen molar-refractivity contribution in [1.82, 2.24) is 21.3 Å². The van der Waals surface area contributed by atoms with Gasteiger partial charge in [-0.05, 0) is 23.1 Å². The average Bonchev–Trinajstić information content (AvgIpc) is 3.27. The monoisotopic (exact) mass is 398 g/mol. The molecule has 3 rings (SSSR count). The molecule has 148 valence electrons. The molecule has 1 atom stereocenters. The van der Waals surface area contributed by atoms with Gasteiger partial charge in [0.05, 0.1) is 0 Å². The first-order valence-electron chi connectivity index (χ1n) is 9.47. The molecule has 4 N–H and O–H groups in total. The number of rotatable bonds is 8. The number of hydrogen-bond acceptors (Lipinski definition) is 4. The number of thioether (sulfide) groups is 1. The van der Waals surface area contributed by atoms with Crippen molar-refractivity contribution < 1.29 is 9.59 Å². The van der Waals surface area contributed by atoms with E-state index < -0.39 is 0 Å². The highest BCUT2D eigenvalue weighted by Crippen LogP contribution is 2.13. The Bertz CT molecular complexity index is 762. The third-order valence-corrected chi connectivity index (χ3v) is 5.59. The quantitative estimate of drug-likeness (QED) is 0.548. The van der Waals surface area contributed by atoms with Crippen LogP contribution in [0, 0.1) is 0 Å². The predicted molar refractivity (Wildman–Crippen MR) is 113 cm³/mol. The minimum Gasteiger partial charge on any atom is -0.350 e. The maximum atomic E-state index is 12.0. The molecule has 0 radical (unpaired) electrons. The largest absolute Gasteiger partial charge is 0.350 e. The summed E-state index contributed by atoms with van der Waals surface area (Å²) in [6, 6.07) is 17.8. The number of carbonyl (C=O) groups excluding carboxylic acids is 2. The molecule has 1 saturated heterocycles. The summed E-state index contributed by atoms with van der Waals surface area (Å²) < 4.78 is 0. The summed E-state index contributed by atoms with van der Waals surface area (Å²) in [5, 5.41) is 11.7. The van der Waals surface area contributed by atoms with E-state index in [-0.39, 0.29) is 17.3 Å². The minimum atomic E-state index is -0.172. The van der Waals surface area contributed by atoms with Crippen molar-refractivity contribution in [3.05, 3.63) is 71.3 Å². The summed E-state index contributed by atoms with van der Waals surface area (Å²) in [4.78, 5) is 23.9. The molecule has 0 bridgehead atoms. The maximum absolute atomic E-state index is 12.0. The summed E-state index contributed by atoms with van der Waals surface area (Å²) >= 11 is 1.63. The fourth-order valence-corrected chi connectivity index (χ4v) is 3.80. The molecule has 7 heteroatoms. The van der Waals surface area contributed by atoms with Gasteiger partial charge in [0.1, 0.15) is 5.37 Å². The van der Waals surface area contributed by atoms with Gasteiger partial charge in [0.25, 0.3) is 0 Å². The Morgan fingerprint density at radius 2 is 1.57 bits per heavy atom. The SMILES string of the molecule is O=C(NCCc1ccccc1)NCc1ccc(CNC(=O)C2NCCS2)cc1. The highest BCUT2D eigenvalue weighted by molar-refractivity contribution is 8.00. The lowest BCUT2D eigenvalue weighted by Crippen LogP contribution is -2.38. The van der Waals surface area contributed by atoms with Crippen molar-refractivity contribution in [2.75, 3.05) is 18.8 Å². The van der Waals surface area contributed by atoms with Gasteiger partial charge < -0.3 is 16.0 Å². The van der Waals surface area contributed by atoms with Gasteiger partial charge >= 0.3 is 6.03 Å². The number of carbonyl (C=O) groups is 2. The normalized spacial score (nSPS) is 15.8. The molecule has 28 heavy (non-hydrogen) atoms. The van der Waals surface area contributed by atoms with E-state index in [9.17, 15) is 9.59 Å². The van der Waals surface area contributed by atoms with E-state index in [0.29, 0.717) is 19.6 Å². The molecule has 0 aliphatic carbocycles. The third kappa shape index (κ3) is 6.58. The fourth-order valence-electron chi connectivity index (χ4n) is 2.86. The van der Waals surface area contributed by atoms with Crippen molar-refractivity contribution in [1.29, 1.82) is 0 Å². The fraction of sp³-hybridized carbons (Fsp3) is 0.333. The van der Waals surface area contributed by atoms with Crippen molar-refractivity contribution in [3.63, 3.8) is 0 Å². The molecule has 2 aromatic rings. The van der Waals surface area contributed by atoms with Crippen LogP contribution in [0.4, 0.5) is 4.79 Å². The van der Waals surface area contributed by atoms with Gasteiger partial charge in [0.15, 0.2) is 0 Å². The molecule has 2 aromatic carbocycles. The molecule has 1 fully saturated rings. The smallest absolute Gasteiger partial charge is 0.315 e. The van der Waals surface area contributed by atoms with Gasteiger partial charge in [-0.1, -0.05) is 54.6 Å². The number of benzene rings is 2. The Labute approximate surface area is 169 Å². The number of urea groups is 1. The topological polar surface area (TPSA) is 82.3 Å². The molecule has 1 unspecified atom stereocenters. The van der Waals surface area contributed by atoms with Crippen LogP contribution in [0.3, 0.4) is 0 Å². The molecular formula is C21H26N4O2S. The Kier molecular flexibility index (Phi) is 7.75. The van der Waals surface area contributed by atoms with Crippen molar-refractivity contribution in [2.45, 2.75) is 24.9 Å². The van der Waals surface area contributed by atoms with Crippen LogP contribution in [-0.4, -0.2) is 36.2 Å². The molecule has 3 amide bonds. The minimum absolute atomic E-state index is 0.0282. The van der Waals surface area contributed by atoms with Gasteiger partial charge in [-0.25, -0.2) is 4.79 Å². The zero-order valence-corrected chi connectivity index (χ0v) is 16.6. The zero-order valence-electron chi connectivity index (χ0n) is 15.7. The first kappa shape index (κ1) is 20.2. The Hall–Kier alpha value is -2.51. The summed E-state index contributed by atoms with van der Waals surface area (Å²) in [6.45, 7) is 2.45. The number of amides is 3. The molecule has 1 aliphatic heterocycles. The molecule has 0 spiro atoms. The molecule has 0 aromatic heterocycles. The van der Waals surface area contributed by atoms with Crippen molar-refractivity contribution in [2.24, 2.45) is 0 Å². The Morgan fingerprint density at radius 1 is 0.893 bits per heavy atom. The first-order valence-corrected chi connectivity index (χ1v) is 10.5. The van der Waals surface area contributed by atoms with E-state index in [1.807, 2.05) is 54.6 Å². The second-order valence-corrected chi connectivity index (χ2v) is 7.80. The van der Waals surface area contributed by atoms with Crippen LogP contribution >= 0.6 is 11.8 Å². The van der Waals surface area contributed by atoms with Crippen LogP contribution < -0.4 is 21.3 Å². The highest BCUT2D eigenvalue weighted by atomic mass is 32.2. The lowest BCUT2D eigenvalue weighted by Gasteiger charge is -2.11. The van der Waals surface area contributed by atoms with E-state index in [4.69, 9.17) is 0 Å². The van der Waals surface area contributed by atoms with Crippen LogP contribution in [0.15, 0.2) is 54.6 Å². The number of hydrogen-bond donors (Lipinski definition) is 4. The van der Waals surface area contributed by atoms with Gasteiger partial charge in [0.2, 0.25) is 5.91 Å². The molecule has 1 aliphatic rings. The van der Waals surface area contributed by atoms with Gasteiger partial charge in [-0.3, -0.25) is 10.1 Å². The Balaban J connectivity index is 1.33. The summed E-state index contributed by atoms with van der Waals surface area (Å²) in [6.07, 6.45) is 0.809. The van der Waals surface area contributed by atoms with Gasteiger partial charge in [-0.15, -0.1) is 11.8 Å². The summed E-state index contributed by atoms with van der Waals surface area (Å²) in [5.74, 6) is 1.00. The van der Waals surface area contributed by atoms with Crippen LogP contribution in [0.5, 0.6) is 0 Å². The Morgan fingerprint density at radius 3 is 2.21 bits per heavy atom. The van der Waals surface area contributed by atoms with E-state index in [2.05, 4.69) is 21.3 Å². The lowest BCUT2D eigenvalue weighted by molar-refractivity contribution is -0.121. The van der Waals surface area contributed by atoms with Gasteiger partial charge in [0, 0.05) is 31.9 Å². The third-order valence-electron chi connectivity index (χ3n) is 4.44. The van der Waals surface area contributed by atoms with Crippen LogP contribution in [0.25, 0.3) is 0 Å². The van der Waals surface area contributed by atoms with E-state index >= 15 is 0 Å². The van der Waals surface area contributed by atoms with Crippen molar-refractivity contribution >= 4 is 23.7 Å². The van der Waals surface area contributed by atoms with E-state index in [1.165, 1.54) is 5.56 Å². The zero-order chi connectivity index (χ0) is 19.6. The average molecular weight is 399 g/mol. The van der Waals surface area contributed by atoms with Gasteiger partial charge in [-0.2, -0.15) is 0 Å². The second-order valence-electron chi connectivity index (χ2n) is 6.58.